The number of hydrogen-bond donors (Lipinski definition) is 0. The first-order chi connectivity index (χ1) is 1.00. The van der Waals surface area contributed by atoms with Gasteiger partial charge in [0.2, 0.25) is 0 Å². The fourth-order valence-electron chi connectivity index (χ4n) is 0. The third-order valence-corrected chi connectivity index (χ3v) is 0. The van der Waals surface area contributed by atoms with E-state index in [1.165, 1.54) is 0 Å². The van der Waals surface area contributed by atoms with Crippen LogP contribution in [0.15, 0.2) is 0 Å². The number of nitrogens with zero attached hydrogens (tertiary/aromatic N) is 1. The quantitative estimate of drug-likeness (QED) is 0.319. The summed E-state index contributed by atoms with van der Waals surface area (Å²) in [6, 6.07) is 0. The number of nitriles is 1. The Morgan fingerprint density at radius 2 is 1.25 bits per heavy atom. The van der Waals surface area contributed by atoms with E-state index in [1.807, 2.05) is 0 Å². The Hall–Kier alpha value is 1.19. The molecule has 0 radical (unpaired) electrons. The van der Waals surface area contributed by atoms with Gasteiger partial charge in [0, 0.05) is 6.57 Å². The van der Waals surface area contributed by atoms with Gasteiger partial charge < -0.3 is 0 Å². The molecule has 18 valence electrons. The normalized spacial score (nSPS) is 0.500. The van der Waals surface area contributed by atoms with Gasteiger partial charge in [-0.3, -0.25) is 0 Å². The zero-order valence-corrected chi connectivity index (χ0v) is 1.02. The maximum atomic E-state index is 6.50. The maximum absolute atomic E-state index is 6.50. The van der Waals surface area contributed by atoms with Crippen molar-refractivity contribution in [1.82, 2.24) is 0 Å². The molecule has 0 spiro atoms. The van der Waals surface area contributed by atoms with Gasteiger partial charge in [-0.05, 0) is 0 Å². The second kappa shape index (κ2) is 30.1. The molecule has 0 atom stereocenters. The molecule has 3 heteroatoms. The Kier molecular flexibility index (Phi) is 143. The molecule has 1 nitrogen and oxygen atoms in total. The molecule has 0 unspecified atom stereocenters. The molecule has 0 heterocycles. The second-order valence-corrected chi connectivity index (χ2v) is 0. The van der Waals surface area contributed by atoms with Crippen LogP contribution in [0.3, 0.4) is 0 Å². The van der Waals surface area contributed by atoms with Crippen LogP contribution < -0.4 is 0 Å². The Balaban J connectivity index is -0.00000000500. The average Bonchev–Trinajstić information content (AvgIpc) is 1.00. The summed E-state index contributed by atoms with van der Waals surface area (Å²) in [6.07, 6.45) is 0. The van der Waals surface area contributed by atoms with E-state index in [2.05, 4.69) is 6.57 Å². The van der Waals surface area contributed by atoms with Gasteiger partial charge in [0.1, 0.15) is 0 Å². The van der Waals surface area contributed by atoms with Crippen molar-refractivity contribution in [3.63, 3.8) is 0 Å². The second-order valence-electron chi connectivity index (χ2n) is 0. The molecule has 4 heavy (non-hydrogen) atoms. The Morgan fingerprint density at radius 3 is 1.25 bits per heavy atom. The molecule has 0 amide bonds. The predicted octanol–water partition coefficient (Wildman–Crippen LogP) is -1.69. The summed E-state index contributed by atoms with van der Waals surface area (Å²) in [5.74, 6) is 0. The van der Waals surface area contributed by atoms with Crippen LogP contribution in [0.4, 0.5) is 0 Å². The zero-order chi connectivity index (χ0) is 2.00. The Labute approximate surface area is 70.4 Å². The standard InChI is InChI=1S/CHN.BH3.K.H/c1-2;;;/h1H;1H3;;. The topological polar surface area (TPSA) is 23.8 Å². The monoisotopic (exact) mass is 81.0 g/mol. The van der Waals surface area contributed by atoms with Gasteiger partial charge in [-0.25, -0.2) is 5.26 Å². The summed E-state index contributed by atoms with van der Waals surface area (Å²) in [7, 11) is 0. The van der Waals surface area contributed by atoms with Crippen LogP contribution in [0.2, 0.25) is 0 Å². The summed E-state index contributed by atoms with van der Waals surface area (Å²) < 4.78 is 0. The molecule has 0 aromatic carbocycles. The van der Waals surface area contributed by atoms with Gasteiger partial charge in [0.15, 0.2) is 0 Å². The summed E-state index contributed by atoms with van der Waals surface area (Å²) in [6.45, 7) is 3.50. The summed E-state index contributed by atoms with van der Waals surface area (Å²) >= 11 is 0. The van der Waals surface area contributed by atoms with E-state index in [4.69, 9.17) is 5.26 Å². The van der Waals surface area contributed by atoms with Crippen LogP contribution in [0.1, 0.15) is 0 Å². The molecule has 0 rings (SSSR count). The zero-order valence-electron chi connectivity index (χ0n) is 1.02. The van der Waals surface area contributed by atoms with Gasteiger partial charge >= 0.3 is 51.4 Å². The molecule has 0 saturated carbocycles. The summed E-state index contributed by atoms with van der Waals surface area (Å²) in [5.41, 5.74) is 0. The van der Waals surface area contributed by atoms with Crippen LogP contribution in [-0.2, 0) is 0 Å². The molecule has 0 saturated heterocycles. The van der Waals surface area contributed by atoms with E-state index in [1.54, 1.807) is 0 Å². The minimum atomic E-state index is 0. The van der Waals surface area contributed by atoms with Gasteiger partial charge in [0.05, 0.1) is 8.41 Å². The average molecular weight is 81.0 g/mol. The van der Waals surface area contributed by atoms with E-state index < -0.39 is 0 Å². The molecule has 0 fully saturated rings. The fraction of sp³-hybridized carbons (Fsp3) is 0. The number of rotatable bonds is 0. The fourth-order valence-corrected chi connectivity index (χ4v) is 0. The van der Waals surface area contributed by atoms with Gasteiger partial charge in [-0.2, -0.15) is 0 Å². The SMILES string of the molecule is B.C#N.[KH]. The third-order valence-electron chi connectivity index (χ3n) is 0. The molecule has 0 aliphatic heterocycles. The minimum absolute atomic E-state index is 0. The van der Waals surface area contributed by atoms with Crippen molar-refractivity contribution in [3.05, 3.63) is 0 Å². The molecule has 0 bridgehead atoms. The molecule has 0 aliphatic carbocycles. The molecule has 0 aromatic rings. The van der Waals surface area contributed by atoms with Crippen LogP contribution in [-0.4, -0.2) is 59.8 Å². The van der Waals surface area contributed by atoms with Gasteiger partial charge in [0.25, 0.3) is 0 Å². The first-order valence-corrected chi connectivity index (χ1v) is 0.258. The van der Waals surface area contributed by atoms with Crippen LogP contribution in [0, 0.1) is 11.8 Å². The Morgan fingerprint density at radius 1 is 1.25 bits per heavy atom. The van der Waals surface area contributed by atoms with Crippen molar-refractivity contribution >= 4 is 59.8 Å². The predicted molar refractivity (Wildman–Crippen MR) is 23.8 cm³/mol. The van der Waals surface area contributed by atoms with Crippen molar-refractivity contribution in [2.45, 2.75) is 0 Å². The van der Waals surface area contributed by atoms with Crippen LogP contribution in [0.25, 0.3) is 0 Å². The van der Waals surface area contributed by atoms with Crippen molar-refractivity contribution in [2.75, 3.05) is 0 Å². The third kappa shape index (κ3) is 10.8. The van der Waals surface area contributed by atoms with E-state index in [0.29, 0.717) is 0 Å². The van der Waals surface area contributed by atoms with Gasteiger partial charge in [-0.1, -0.05) is 0 Å². The van der Waals surface area contributed by atoms with Gasteiger partial charge in [-0.15, -0.1) is 0 Å². The van der Waals surface area contributed by atoms with E-state index >= 15 is 0 Å². The molecular formula is CH5BKN. The van der Waals surface area contributed by atoms with Crippen molar-refractivity contribution in [1.29, 1.82) is 5.26 Å². The van der Waals surface area contributed by atoms with Crippen LogP contribution in [0.5, 0.6) is 0 Å². The first-order valence-electron chi connectivity index (χ1n) is 0.258. The van der Waals surface area contributed by atoms with Crippen molar-refractivity contribution < 1.29 is 0 Å². The van der Waals surface area contributed by atoms with Crippen LogP contribution >= 0.6 is 0 Å². The molecular weight excluding hydrogens is 75.9 g/mol. The summed E-state index contributed by atoms with van der Waals surface area (Å²) in [4.78, 5) is 0. The molecule has 0 aromatic heterocycles. The van der Waals surface area contributed by atoms with Crippen molar-refractivity contribution in [3.8, 4) is 6.57 Å². The van der Waals surface area contributed by atoms with E-state index in [0.717, 1.165) is 0 Å². The summed E-state index contributed by atoms with van der Waals surface area (Å²) in [5, 5.41) is 6.50. The number of hydrogen-bond acceptors (Lipinski definition) is 1. The first kappa shape index (κ1) is 19.0. The molecule has 0 N–H and O–H groups in total. The Bertz CT molecular complexity index is 12.8. The van der Waals surface area contributed by atoms with Crippen molar-refractivity contribution in [2.24, 2.45) is 0 Å². The van der Waals surface area contributed by atoms with E-state index in [9.17, 15) is 0 Å². The molecule has 0 aliphatic rings. The van der Waals surface area contributed by atoms with E-state index in [-0.39, 0.29) is 59.8 Å².